The van der Waals surface area contributed by atoms with Gasteiger partial charge in [-0.25, -0.2) is 18.3 Å². The first-order valence-electron chi connectivity index (χ1n) is 17.9. The average molecular weight is 861 g/mol. The fraction of sp³-hybridized carbons (Fsp3) is 0.325. The zero-order chi connectivity index (χ0) is 40.7. The SMILES string of the molecule is CC(=O)OC1(C)C2=Nc3c(nc(OCc4ccccc4)nc3OCc3ccccc3)NC[C@H]2[C@H](C(=O)OCCS(C)(=O)=O)C12C(=O)N(C(C)=O)c1cc(Br)ccc12. The van der Waals surface area contributed by atoms with E-state index in [1.807, 2.05) is 60.7 Å². The van der Waals surface area contributed by atoms with Crippen LogP contribution in [0.3, 0.4) is 0 Å². The zero-order valence-corrected chi connectivity index (χ0v) is 33.8. The van der Waals surface area contributed by atoms with Crippen molar-refractivity contribution >= 4 is 72.4 Å². The van der Waals surface area contributed by atoms with Crippen LogP contribution in [0.2, 0.25) is 0 Å². The number of aliphatic imine (C=N–C) groups is 1. The van der Waals surface area contributed by atoms with E-state index >= 15 is 4.79 Å². The Bertz CT molecular complexity index is 2420. The van der Waals surface area contributed by atoms with Crippen molar-refractivity contribution in [3.63, 3.8) is 0 Å². The Labute approximate surface area is 336 Å². The summed E-state index contributed by atoms with van der Waals surface area (Å²) in [5.41, 5.74) is -2.01. The molecule has 296 valence electrons. The first kappa shape index (κ1) is 39.6. The van der Waals surface area contributed by atoms with Gasteiger partial charge in [-0.05, 0) is 35.7 Å². The third kappa shape index (κ3) is 7.25. The minimum absolute atomic E-state index is 0.0154. The molecule has 3 aromatic carbocycles. The second kappa shape index (κ2) is 15.3. The van der Waals surface area contributed by atoms with Gasteiger partial charge in [0.25, 0.3) is 0 Å². The van der Waals surface area contributed by atoms with E-state index in [2.05, 4.69) is 31.2 Å². The normalized spacial score (nSPS) is 22.0. The number of fused-ring (bicyclic) bond motifs is 4. The second-order valence-corrected chi connectivity index (χ2v) is 17.2. The molecule has 4 atom stereocenters. The summed E-state index contributed by atoms with van der Waals surface area (Å²) in [5.74, 6) is -6.22. The van der Waals surface area contributed by atoms with Crippen molar-refractivity contribution in [2.45, 2.75) is 45.0 Å². The third-order valence-corrected chi connectivity index (χ3v) is 11.6. The number of nitrogens with one attached hydrogen (secondary N) is 1. The third-order valence-electron chi connectivity index (χ3n) is 10.2. The van der Waals surface area contributed by atoms with Crippen LogP contribution < -0.4 is 19.7 Å². The molecule has 0 radical (unpaired) electrons. The van der Waals surface area contributed by atoms with E-state index in [1.54, 1.807) is 18.2 Å². The van der Waals surface area contributed by atoms with Crippen LogP contribution in [0.4, 0.5) is 17.2 Å². The highest BCUT2D eigenvalue weighted by Gasteiger charge is 2.78. The molecule has 4 aromatic rings. The number of amides is 2. The number of rotatable bonds is 11. The monoisotopic (exact) mass is 859 g/mol. The summed E-state index contributed by atoms with van der Waals surface area (Å²) >= 11 is 3.43. The van der Waals surface area contributed by atoms with E-state index in [9.17, 15) is 22.8 Å². The van der Waals surface area contributed by atoms with Gasteiger partial charge >= 0.3 is 17.9 Å². The standard InChI is InChI=1S/C40H38BrN5O10S/c1-23(47)46-30-19-27(41)15-16-29(30)40(37(46)50)31(36(49)53-17-18-57(4,51)52)28-20-42-34-32(43-33(28)39(40,3)56-24(2)48)35(54-21-25-11-7-5-8-12-25)45-38(44-34)55-22-26-13-9-6-10-14-26/h5-16,19,28,31H,17-18,20-22H2,1-4H3,(H,42,44,45)/t28-,31+,39?,40?/m0/s1. The maximum Gasteiger partial charge on any atom is 0.322 e. The number of sulfone groups is 1. The van der Waals surface area contributed by atoms with Gasteiger partial charge in [0.05, 0.1) is 23.1 Å². The molecular formula is C40H38BrN5O10S. The topological polar surface area (TPSA) is 193 Å². The Hall–Kier alpha value is -5.68. The van der Waals surface area contributed by atoms with Crippen molar-refractivity contribution in [1.29, 1.82) is 0 Å². The van der Waals surface area contributed by atoms with Gasteiger partial charge in [0, 0.05) is 37.0 Å². The number of anilines is 2. The van der Waals surface area contributed by atoms with Crippen LogP contribution in [0.1, 0.15) is 37.5 Å². The molecule has 3 heterocycles. The summed E-state index contributed by atoms with van der Waals surface area (Å²) in [6.07, 6.45) is 1.00. The molecule has 7 rings (SSSR count). The first-order chi connectivity index (χ1) is 27.1. The number of hydrogen-bond donors (Lipinski definition) is 1. The Morgan fingerprint density at radius 3 is 2.21 bits per heavy atom. The Morgan fingerprint density at radius 1 is 0.947 bits per heavy atom. The summed E-state index contributed by atoms with van der Waals surface area (Å²) in [6.45, 7) is 3.39. The van der Waals surface area contributed by atoms with Gasteiger partial charge in [-0.1, -0.05) is 82.7 Å². The lowest BCUT2D eigenvalue weighted by atomic mass is 9.64. The maximum atomic E-state index is 15.2. The van der Waals surface area contributed by atoms with E-state index in [0.29, 0.717) is 4.47 Å². The molecular weight excluding hydrogens is 822 g/mol. The summed E-state index contributed by atoms with van der Waals surface area (Å²) < 4.78 is 48.9. The van der Waals surface area contributed by atoms with Crippen molar-refractivity contribution in [3.05, 3.63) is 100 Å². The summed E-state index contributed by atoms with van der Waals surface area (Å²) in [4.78, 5) is 71.5. The van der Waals surface area contributed by atoms with E-state index in [-0.39, 0.29) is 60.1 Å². The fourth-order valence-electron chi connectivity index (χ4n) is 7.94. The predicted octanol–water partition coefficient (Wildman–Crippen LogP) is 4.88. The van der Waals surface area contributed by atoms with Crippen LogP contribution in [0.5, 0.6) is 11.9 Å². The molecule has 1 N–H and O–H groups in total. The molecule has 57 heavy (non-hydrogen) atoms. The molecule has 2 aliphatic heterocycles. The number of hydrogen-bond acceptors (Lipinski definition) is 14. The van der Waals surface area contributed by atoms with Gasteiger partial charge in [0.2, 0.25) is 17.7 Å². The number of imide groups is 1. The van der Waals surface area contributed by atoms with E-state index in [4.69, 9.17) is 23.9 Å². The van der Waals surface area contributed by atoms with Crippen molar-refractivity contribution < 1.29 is 46.5 Å². The summed E-state index contributed by atoms with van der Waals surface area (Å²) in [5, 5.41) is 3.25. The Morgan fingerprint density at radius 2 is 1.60 bits per heavy atom. The minimum atomic E-state index is -3.57. The van der Waals surface area contributed by atoms with Crippen LogP contribution >= 0.6 is 15.9 Å². The van der Waals surface area contributed by atoms with Gasteiger partial charge in [-0.3, -0.25) is 19.2 Å². The largest absolute Gasteiger partial charge is 0.471 e. The van der Waals surface area contributed by atoms with Crippen LogP contribution in [-0.2, 0) is 57.1 Å². The highest BCUT2D eigenvalue weighted by Crippen LogP contribution is 2.63. The molecule has 0 bridgehead atoms. The molecule has 1 aromatic heterocycles. The number of benzene rings is 3. The van der Waals surface area contributed by atoms with Crippen molar-refractivity contribution in [2.75, 3.05) is 35.4 Å². The van der Waals surface area contributed by atoms with Crippen molar-refractivity contribution in [1.82, 2.24) is 9.97 Å². The van der Waals surface area contributed by atoms with Gasteiger partial charge in [-0.15, -0.1) is 0 Å². The minimum Gasteiger partial charge on any atom is -0.471 e. The Kier molecular flexibility index (Phi) is 10.6. The number of carbonyl (C=O) groups is 4. The lowest BCUT2D eigenvalue weighted by Crippen LogP contribution is -2.61. The van der Waals surface area contributed by atoms with E-state index in [0.717, 1.165) is 29.2 Å². The average Bonchev–Trinajstić information content (AvgIpc) is 3.41. The lowest BCUT2D eigenvalue weighted by Gasteiger charge is -2.41. The van der Waals surface area contributed by atoms with Gasteiger partial charge in [0.15, 0.2) is 26.9 Å². The molecule has 3 aliphatic rings. The summed E-state index contributed by atoms with van der Waals surface area (Å²) in [7, 11) is -3.57. The van der Waals surface area contributed by atoms with E-state index < -0.39 is 68.8 Å². The smallest absolute Gasteiger partial charge is 0.322 e. The number of ether oxygens (including phenoxy) is 4. The lowest BCUT2D eigenvalue weighted by molar-refractivity contribution is -0.166. The second-order valence-electron chi connectivity index (χ2n) is 14.1. The number of carbonyl (C=O) groups excluding carboxylic acids is 4. The molecule has 1 spiro atoms. The molecule has 1 saturated carbocycles. The van der Waals surface area contributed by atoms with Crippen LogP contribution in [-0.4, -0.2) is 78.6 Å². The van der Waals surface area contributed by atoms with Gasteiger partial charge in [0.1, 0.15) is 25.2 Å². The Balaban J connectivity index is 1.44. The molecule has 1 aliphatic carbocycles. The molecule has 2 amide bonds. The number of nitrogens with zero attached hydrogens (tertiary/aromatic N) is 4. The maximum absolute atomic E-state index is 15.2. The number of esters is 2. The fourth-order valence-corrected chi connectivity index (χ4v) is 8.67. The first-order valence-corrected chi connectivity index (χ1v) is 20.8. The molecule has 0 saturated heterocycles. The molecule has 2 unspecified atom stereocenters. The highest BCUT2D eigenvalue weighted by molar-refractivity contribution is 9.10. The van der Waals surface area contributed by atoms with Crippen LogP contribution in [0.25, 0.3) is 0 Å². The highest BCUT2D eigenvalue weighted by atomic mass is 79.9. The van der Waals surface area contributed by atoms with Crippen molar-refractivity contribution in [2.24, 2.45) is 16.8 Å². The number of halogens is 1. The van der Waals surface area contributed by atoms with Crippen molar-refractivity contribution in [3.8, 4) is 11.9 Å². The molecule has 17 heteroatoms. The molecule has 15 nitrogen and oxygen atoms in total. The quantitative estimate of drug-likeness (QED) is 0.201. The number of aromatic nitrogens is 2. The van der Waals surface area contributed by atoms with E-state index in [1.165, 1.54) is 13.8 Å². The molecule has 1 fully saturated rings. The van der Waals surface area contributed by atoms with Gasteiger partial charge < -0.3 is 24.3 Å². The zero-order valence-electron chi connectivity index (χ0n) is 31.4. The predicted molar refractivity (Wildman–Crippen MR) is 211 cm³/mol. The van der Waals surface area contributed by atoms with Crippen LogP contribution in [0.15, 0.2) is 88.3 Å². The summed E-state index contributed by atoms with van der Waals surface area (Å²) in [6, 6.07) is 23.5. The van der Waals surface area contributed by atoms with Crippen LogP contribution in [0, 0.1) is 11.8 Å². The van der Waals surface area contributed by atoms with Gasteiger partial charge in [-0.2, -0.15) is 9.97 Å².